The molecule has 1 unspecified atom stereocenters. The van der Waals surface area contributed by atoms with Gasteiger partial charge in [-0.3, -0.25) is 4.90 Å². The van der Waals surface area contributed by atoms with E-state index >= 15 is 0 Å². The Hall–Kier alpha value is -3.02. The zero-order valence-corrected chi connectivity index (χ0v) is 17.2. The van der Waals surface area contributed by atoms with Gasteiger partial charge < -0.3 is 0 Å². The molecule has 0 aliphatic heterocycles. The van der Waals surface area contributed by atoms with Gasteiger partial charge in [0.15, 0.2) is 5.82 Å². The summed E-state index contributed by atoms with van der Waals surface area (Å²) in [5, 5.41) is 13.5. The fraction of sp³-hybridized carbons (Fsp3) is 0.174. The van der Waals surface area contributed by atoms with Crippen LogP contribution in [0.5, 0.6) is 0 Å². The normalized spacial score (nSPS) is 12.3. The number of halogens is 1. The quantitative estimate of drug-likeness (QED) is 0.462. The Balaban J connectivity index is 1.77. The molecule has 0 spiro atoms. The Kier molecular flexibility index (Phi) is 5.69. The summed E-state index contributed by atoms with van der Waals surface area (Å²) in [6.07, 6.45) is 0. The largest absolute Gasteiger partial charge is 0.288 e. The van der Waals surface area contributed by atoms with Crippen molar-refractivity contribution in [2.75, 3.05) is 7.05 Å². The highest BCUT2D eigenvalue weighted by Crippen LogP contribution is 2.29. The summed E-state index contributed by atoms with van der Waals surface area (Å²) in [4.78, 5) is 2.24. The van der Waals surface area contributed by atoms with Crippen molar-refractivity contribution in [1.29, 1.82) is 0 Å². The fourth-order valence-electron chi connectivity index (χ4n) is 3.59. The van der Waals surface area contributed by atoms with Crippen LogP contribution in [-0.4, -0.2) is 32.2 Å². The molecule has 0 aliphatic carbocycles. The van der Waals surface area contributed by atoms with Gasteiger partial charge in [0.05, 0.1) is 11.7 Å². The number of nitrogens with zero attached hydrogens (tertiary/aromatic N) is 5. The highest BCUT2D eigenvalue weighted by Gasteiger charge is 2.26. The van der Waals surface area contributed by atoms with Gasteiger partial charge in [-0.05, 0) is 59.3 Å². The number of para-hydroxylation sites is 1. The highest BCUT2D eigenvalue weighted by atomic mass is 35.5. The molecule has 0 radical (unpaired) electrons. The Bertz CT molecular complexity index is 1090. The van der Waals surface area contributed by atoms with Gasteiger partial charge >= 0.3 is 0 Å². The van der Waals surface area contributed by atoms with Crippen molar-refractivity contribution >= 4 is 11.6 Å². The summed E-state index contributed by atoms with van der Waals surface area (Å²) in [6, 6.07) is 26.2. The lowest BCUT2D eigenvalue weighted by Crippen LogP contribution is -2.28. The summed E-state index contributed by atoms with van der Waals surface area (Å²) in [7, 11) is 2.08. The van der Waals surface area contributed by atoms with E-state index in [2.05, 4.69) is 58.7 Å². The molecule has 29 heavy (non-hydrogen) atoms. The molecule has 6 heteroatoms. The van der Waals surface area contributed by atoms with E-state index in [1.165, 1.54) is 0 Å². The van der Waals surface area contributed by atoms with Crippen molar-refractivity contribution < 1.29 is 0 Å². The van der Waals surface area contributed by atoms with Crippen LogP contribution in [0.4, 0.5) is 0 Å². The SMILES string of the molecule is Cc1ccccc1-n1nnnc1C(c1ccccc1)N(C)Cc1cccc(Cl)c1. The lowest BCUT2D eigenvalue weighted by Gasteiger charge is -2.28. The molecular weight excluding hydrogens is 382 g/mol. The Morgan fingerprint density at radius 1 is 0.966 bits per heavy atom. The zero-order valence-electron chi connectivity index (χ0n) is 16.4. The first-order chi connectivity index (χ1) is 14.1. The van der Waals surface area contributed by atoms with Gasteiger partial charge in [-0.1, -0.05) is 72.3 Å². The molecule has 1 atom stereocenters. The second-order valence-corrected chi connectivity index (χ2v) is 7.53. The molecule has 4 aromatic rings. The van der Waals surface area contributed by atoms with Gasteiger partial charge in [0, 0.05) is 11.6 Å². The van der Waals surface area contributed by atoms with E-state index in [9.17, 15) is 0 Å². The molecule has 0 fully saturated rings. The summed E-state index contributed by atoms with van der Waals surface area (Å²) >= 11 is 6.19. The molecule has 0 saturated heterocycles. The third kappa shape index (κ3) is 4.21. The maximum Gasteiger partial charge on any atom is 0.178 e. The van der Waals surface area contributed by atoms with Crippen LogP contribution in [0.2, 0.25) is 5.02 Å². The summed E-state index contributed by atoms with van der Waals surface area (Å²) in [6.45, 7) is 2.77. The summed E-state index contributed by atoms with van der Waals surface area (Å²) in [5.74, 6) is 0.773. The van der Waals surface area contributed by atoms with E-state index < -0.39 is 0 Å². The van der Waals surface area contributed by atoms with Gasteiger partial charge in [-0.25, -0.2) is 0 Å². The van der Waals surface area contributed by atoms with Crippen molar-refractivity contribution in [2.45, 2.75) is 19.5 Å². The van der Waals surface area contributed by atoms with Gasteiger partial charge in [0.1, 0.15) is 0 Å². The van der Waals surface area contributed by atoms with Crippen LogP contribution in [0.15, 0.2) is 78.9 Å². The molecule has 0 saturated carbocycles. The molecular formula is C23H22ClN5. The van der Waals surface area contributed by atoms with E-state index in [0.717, 1.165) is 33.2 Å². The van der Waals surface area contributed by atoms with E-state index in [-0.39, 0.29) is 6.04 Å². The first kappa shape index (κ1) is 19.3. The van der Waals surface area contributed by atoms with Crippen molar-refractivity contribution in [3.05, 3.63) is 106 Å². The predicted octanol–water partition coefficient (Wildman–Crippen LogP) is 4.85. The van der Waals surface area contributed by atoms with Gasteiger partial charge in [0.25, 0.3) is 0 Å². The first-order valence-electron chi connectivity index (χ1n) is 9.47. The van der Waals surface area contributed by atoms with Crippen LogP contribution in [0.25, 0.3) is 5.69 Å². The maximum absolute atomic E-state index is 6.19. The number of aryl methyl sites for hydroxylation is 1. The Morgan fingerprint density at radius 2 is 1.72 bits per heavy atom. The third-order valence-corrected chi connectivity index (χ3v) is 5.19. The first-order valence-corrected chi connectivity index (χ1v) is 9.85. The molecule has 0 N–H and O–H groups in total. The van der Waals surface area contributed by atoms with Crippen molar-refractivity contribution in [3.63, 3.8) is 0 Å². The number of hydrogen-bond acceptors (Lipinski definition) is 4. The smallest absolute Gasteiger partial charge is 0.178 e. The minimum Gasteiger partial charge on any atom is -0.288 e. The van der Waals surface area contributed by atoms with Gasteiger partial charge in [-0.15, -0.1) is 5.10 Å². The highest BCUT2D eigenvalue weighted by molar-refractivity contribution is 6.30. The number of benzene rings is 3. The van der Waals surface area contributed by atoms with Crippen LogP contribution in [0, 0.1) is 6.92 Å². The fourth-order valence-corrected chi connectivity index (χ4v) is 3.80. The van der Waals surface area contributed by atoms with Crippen molar-refractivity contribution in [3.8, 4) is 5.69 Å². The lowest BCUT2D eigenvalue weighted by molar-refractivity contribution is 0.258. The van der Waals surface area contributed by atoms with E-state index in [0.29, 0.717) is 6.54 Å². The van der Waals surface area contributed by atoms with Crippen LogP contribution in [0.3, 0.4) is 0 Å². The predicted molar refractivity (Wildman–Crippen MR) is 115 cm³/mol. The topological polar surface area (TPSA) is 46.8 Å². The molecule has 0 aliphatic rings. The van der Waals surface area contributed by atoms with E-state index in [1.54, 1.807) is 0 Å². The van der Waals surface area contributed by atoms with E-state index in [4.69, 9.17) is 11.6 Å². The zero-order chi connectivity index (χ0) is 20.2. The van der Waals surface area contributed by atoms with Crippen LogP contribution in [-0.2, 0) is 6.54 Å². The second-order valence-electron chi connectivity index (χ2n) is 7.09. The van der Waals surface area contributed by atoms with Gasteiger partial charge in [-0.2, -0.15) is 4.68 Å². The number of aromatic nitrogens is 4. The maximum atomic E-state index is 6.19. The number of tetrazole rings is 1. The Morgan fingerprint density at radius 3 is 2.48 bits per heavy atom. The summed E-state index contributed by atoms with van der Waals surface area (Å²) < 4.78 is 1.83. The Labute approximate surface area is 175 Å². The van der Waals surface area contributed by atoms with Crippen molar-refractivity contribution in [2.24, 2.45) is 0 Å². The molecule has 1 aromatic heterocycles. The van der Waals surface area contributed by atoms with Crippen LogP contribution < -0.4 is 0 Å². The molecule has 0 bridgehead atoms. The van der Waals surface area contributed by atoms with Crippen LogP contribution >= 0.6 is 11.6 Å². The molecule has 3 aromatic carbocycles. The number of rotatable bonds is 6. The standard InChI is InChI=1S/C23H22ClN5/c1-17-9-6-7-14-21(17)29-23(25-26-27-29)22(19-11-4-3-5-12-19)28(2)16-18-10-8-13-20(24)15-18/h3-15,22H,16H2,1-2H3. The minimum absolute atomic E-state index is 0.121. The van der Waals surface area contributed by atoms with Gasteiger partial charge in [0.2, 0.25) is 0 Å². The number of hydrogen-bond donors (Lipinski definition) is 0. The third-order valence-electron chi connectivity index (χ3n) is 4.96. The molecule has 1 heterocycles. The monoisotopic (exact) mass is 403 g/mol. The molecule has 0 amide bonds. The summed E-state index contributed by atoms with van der Waals surface area (Å²) in [5.41, 5.74) is 4.35. The van der Waals surface area contributed by atoms with E-state index in [1.807, 2.05) is 59.3 Å². The molecule has 5 nitrogen and oxygen atoms in total. The second kappa shape index (κ2) is 8.55. The minimum atomic E-state index is -0.121. The average molecular weight is 404 g/mol. The average Bonchev–Trinajstić information content (AvgIpc) is 3.18. The molecule has 146 valence electrons. The van der Waals surface area contributed by atoms with Crippen molar-refractivity contribution in [1.82, 2.24) is 25.1 Å². The van der Waals surface area contributed by atoms with Crippen LogP contribution in [0.1, 0.15) is 28.6 Å². The lowest BCUT2D eigenvalue weighted by atomic mass is 10.0. The molecule has 4 rings (SSSR count).